The van der Waals surface area contributed by atoms with Gasteiger partial charge in [-0.1, -0.05) is 6.07 Å². The molecule has 0 atom stereocenters. The highest BCUT2D eigenvalue weighted by Crippen LogP contribution is 2.28. The molecule has 0 unspecified atom stereocenters. The Kier molecular flexibility index (Phi) is 5.76. The van der Waals surface area contributed by atoms with Crippen molar-refractivity contribution < 1.29 is 22.0 Å². The summed E-state index contributed by atoms with van der Waals surface area (Å²) < 4.78 is 48.0. The first-order valence-corrected chi connectivity index (χ1v) is 12.2. The fourth-order valence-corrected chi connectivity index (χ4v) is 5.05. The molecule has 0 saturated heterocycles. The Bertz CT molecular complexity index is 1440. The molecule has 2 aromatic heterocycles. The molecule has 0 aliphatic heterocycles. The van der Waals surface area contributed by atoms with Gasteiger partial charge in [-0.25, -0.2) is 22.2 Å². The summed E-state index contributed by atoms with van der Waals surface area (Å²) in [6, 6.07) is 15.3. The SMILES string of the molecule is O=C(Nc1cccc(S(=O)(=O)NCc2ccco2)c1)c1nn(-c2ccc(F)cc2)c2c1CCC2. The van der Waals surface area contributed by atoms with E-state index in [1.807, 2.05) is 0 Å². The third kappa shape index (κ3) is 4.37. The Hall–Kier alpha value is -3.76. The van der Waals surface area contributed by atoms with Crippen LogP contribution in [0, 0.1) is 5.82 Å². The zero-order chi connectivity index (χ0) is 23.7. The van der Waals surface area contributed by atoms with Crippen molar-refractivity contribution in [3.8, 4) is 5.69 Å². The predicted molar refractivity (Wildman–Crippen MR) is 123 cm³/mol. The summed E-state index contributed by atoms with van der Waals surface area (Å²) in [5, 5.41) is 7.26. The van der Waals surface area contributed by atoms with Gasteiger partial charge in [-0.3, -0.25) is 4.79 Å². The van der Waals surface area contributed by atoms with E-state index in [0.29, 0.717) is 23.6 Å². The van der Waals surface area contributed by atoms with Gasteiger partial charge in [0.2, 0.25) is 10.0 Å². The van der Waals surface area contributed by atoms with E-state index < -0.39 is 15.9 Å². The first-order valence-electron chi connectivity index (χ1n) is 10.7. The fourth-order valence-electron chi connectivity index (χ4n) is 4.01. The molecule has 174 valence electrons. The van der Waals surface area contributed by atoms with Crippen molar-refractivity contribution in [2.45, 2.75) is 30.7 Å². The van der Waals surface area contributed by atoms with Crippen LogP contribution in [-0.4, -0.2) is 24.1 Å². The molecule has 2 aromatic carbocycles. The Morgan fingerprint density at radius 3 is 2.68 bits per heavy atom. The molecule has 0 bridgehead atoms. The summed E-state index contributed by atoms with van der Waals surface area (Å²) in [6.07, 6.45) is 3.84. The van der Waals surface area contributed by atoms with Crippen LogP contribution in [0.4, 0.5) is 10.1 Å². The maximum atomic E-state index is 13.3. The third-order valence-corrected chi connectivity index (χ3v) is 7.03. The lowest BCUT2D eigenvalue weighted by Gasteiger charge is -2.09. The van der Waals surface area contributed by atoms with Gasteiger partial charge in [0.05, 0.1) is 23.4 Å². The van der Waals surface area contributed by atoms with E-state index in [0.717, 1.165) is 24.1 Å². The number of furan rings is 1. The number of fused-ring (bicyclic) bond motifs is 1. The molecule has 0 saturated carbocycles. The smallest absolute Gasteiger partial charge is 0.276 e. The number of hydrogen-bond acceptors (Lipinski definition) is 5. The van der Waals surface area contributed by atoms with Crippen molar-refractivity contribution in [1.29, 1.82) is 0 Å². The molecule has 8 nitrogen and oxygen atoms in total. The highest BCUT2D eigenvalue weighted by atomic mass is 32.2. The Labute approximate surface area is 195 Å². The predicted octanol–water partition coefficient (Wildman–Crippen LogP) is 3.82. The number of amides is 1. The lowest BCUT2D eigenvalue weighted by molar-refractivity contribution is 0.102. The van der Waals surface area contributed by atoms with Gasteiger partial charge in [0, 0.05) is 16.9 Å². The number of carbonyl (C=O) groups excluding carboxylic acids is 1. The van der Waals surface area contributed by atoms with Gasteiger partial charge in [0.25, 0.3) is 5.91 Å². The molecule has 0 radical (unpaired) electrons. The van der Waals surface area contributed by atoms with E-state index in [-0.39, 0.29) is 23.0 Å². The van der Waals surface area contributed by atoms with E-state index in [4.69, 9.17) is 4.42 Å². The van der Waals surface area contributed by atoms with Gasteiger partial charge in [0.15, 0.2) is 5.69 Å². The molecule has 1 aliphatic carbocycles. The average molecular weight is 481 g/mol. The second-order valence-corrected chi connectivity index (χ2v) is 9.67. The van der Waals surface area contributed by atoms with Crippen LogP contribution in [0.5, 0.6) is 0 Å². The van der Waals surface area contributed by atoms with E-state index in [1.165, 1.54) is 30.5 Å². The average Bonchev–Trinajstić information content (AvgIpc) is 3.57. The van der Waals surface area contributed by atoms with Crippen LogP contribution in [-0.2, 0) is 29.4 Å². The number of anilines is 1. The maximum Gasteiger partial charge on any atom is 0.276 e. The summed E-state index contributed by atoms with van der Waals surface area (Å²) in [7, 11) is -3.82. The molecule has 10 heteroatoms. The standard InChI is InChI=1S/C24H21FN4O4S/c25-16-9-11-18(12-10-16)29-22-8-2-7-21(22)23(28-29)24(30)27-17-4-1-6-20(14-17)34(31,32)26-15-19-5-3-13-33-19/h1,3-6,9-14,26H,2,7-8,15H2,(H,27,30). The second-order valence-electron chi connectivity index (χ2n) is 7.90. The lowest BCUT2D eigenvalue weighted by atomic mass is 10.2. The van der Waals surface area contributed by atoms with Gasteiger partial charge in [-0.2, -0.15) is 5.10 Å². The maximum absolute atomic E-state index is 13.3. The van der Waals surface area contributed by atoms with Crippen molar-refractivity contribution in [1.82, 2.24) is 14.5 Å². The van der Waals surface area contributed by atoms with E-state index in [1.54, 1.807) is 41.1 Å². The molecule has 2 N–H and O–H groups in total. The molecule has 0 fully saturated rings. The van der Waals surface area contributed by atoms with Crippen molar-refractivity contribution in [3.63, 3.8) is 0 Å². The Morgan fingerprint density at radius 1 is 1.09 bits per heavy atom. The highest BCUT2D eigenvalue weighted by Gasteiger charge is 2.27. The van der Waals surface area contributed by atoms with Crippen molar-refractivity contribution in [3.05, 3.63) is 95.5 Å². The molecular weight excluding hydrogens is 459 g/mol. The molecular formula is C24H21FN4O4S. The molecule has 1 amide bonds. The van der Waals surface area contributed by atoms with Crippen molar-refractivity contribution in [2.24, 2.45) is 0 Å². The van der Waals surface area contributed by atoms with Crippen molar-refractivity contribution >= 4 is 21.6 Å². The summed E-state index contributed by atoms with van der Waals surface area (Å²) in [4.78, 5) is 13.1. The molecule has 2 heterocycles. The van der Waals surface area contributed by atoms with E-state index >= 15 is 0 Å². The zero-order valence-corrected chi connectivity index (χ0v) is 18.8. The number of benzene rings is 2. The number of rotatable bonds is 7. The minimum Gasteiger partial charge on any atom is -0.468 e. The molecule has 1 aliphatic rings. The van der Waals surface area contributed by atoms with Crippen LogP contribution in [0.2, 0.25) is 0 Å². The fraction of sp³-hybridized carbons (Fsp3) is 0.167. The third-order valence-electron chi connectivity index (χ3n) is 5.64. The quantitative estimate of drug-likeness (QED) is 0.418. The molecule has 4 aromatic rings. The first-order chi connectivity index (χ1) is 16.4. The minimum absolute atomic E-state index is 0.0128. The number of nitrogens with zero attached hydrogens (tertiary/aromatic N) is 2. The van der Waals surface area contributed by atoms with Crippen LogP contribution >= 0.6 is 0 Å². The minimum atomic E-state index is -3.82. The van der Waals surface area contributed by atoms with Crippen LogP contribution in [0.1, 0.15) is 33.9 Å². The molecule has 34 heavy (non-hydrogen) atoms. The lowest BCUT2D eigenvalue weighted by Crippen LogP contribution is -2.23. The largest absolute Gasteiger partial charge is 0.468 e. The normalized spacial score (nSPS) is 13.1. The summed E-state index contributed by atoms with van der Waals surface area (Å²) in [5.41, 5.74) is 3.06. The monoisotopic (exact) mass is 480 g/mol. The van der Waals surface area contributed by atoms with E-state index in [9.17, 15) is 17.6 Å². The van der Waals surface area contributed by atoms with Crippen LogP contribution in [0.15, 0.2) is 76.2 Å². The van der Waals surface area contributed by atoms with Gasteiger partial charge in [-0.15, -0.1) is 0 Å². The number of halogens is 1. The summed E-state index contributed by atoms with van der Waals surface area (Å²) in [6.45, 7) is 0.0128. The Balaban J connectivity index is 1.37. The number of hydrogen-bond donors (Lipinski definition) is 2. The topological polar surface area (TPSA) is 106 Å². The van der Waals surface area contributed by atoms with Gasteiger partial charge >= 0.3 is 0 Å². The zero-order valence-electron chi connectivity index (χ0n) is 18.0. The van der Waals surface area contributed by atoms with Gasteiger partial charge in [0.1, 0.15) is 11.6 Å². The highest BCUT2D eigenvalue weighted by molar-refractivity contribution is 7.89. The second kappa shape index (κ2) is 8.88. The summed E-state index contributed by atoms with van der Waals surface area (Å²) >= 11 is 0. The number of sulfonamides is 1. The Morgan fingerprint density at radius 2 is 1.91 bits per heavy atom. The van der Waals surface area contributed by atoms with Gasteiger partial charge < -0.3 is 9.73 Å². The van der Waals surface area contributed by atoms with Crippen molar-refractivity contribution in [2.75, 3.05) is 5.32 Å². The van der Waals surface area contributed by atoms with Crippen LogP contribution in [0.25, 0.3) is 5.69 Å². The van der Waals surface area contributed by atoms with Crippen LogP contribution in [0.3, 0.4) is 0 Å². The first kappa shape index (κ1) is 22.1. The number of nitrogens with one attached hydrogen (secondary N) is 2. The van der Waals surface area contributed by atoms with Crippen LogP contribution < -0.4 is 10.0 Å². The number of aromatic nitrogens is 2. The summed E-state index contributed by atoms with van der Waals surface area (Å²) in [5.74, 6) is -0.297. The van der Waals surface area contributed by atoms with E-state index in [2.05, 4.69) is 15.1 Å². The molecule has 0 spiro atoms. The number of carbonyl (C=O) groups is 1. The van der Waals surface area contributed by atoms with Gasteiger partial charge in [-0.05, 0) is 73.9 Å². The molecule has 5 rings (SSSR count).